The second-order valence-corrected chi connectivity index (χ2v) is 9.77. The predicted molar refractivity (Wildman–Crippen MR) is 149 cm³/mol. The van der Waals surface area contributed by atoms with Crippen LogP contribution in [0.5, 0.6) is 17.2 Å². The highest BCUT2D eigenvalue weighted by atomic mass is 32.1. The van der Waals surface area contributed by atoms with Gasteiger partial charge in [-0.3, -0.25) is 14.5 Å². The summed E-state index contributed by atoms with van der Waals surface area (Å²) >= 11 is 0.935. The zero-order valence-electron chi connectivity index (χ0n) is 22.8. The molecule has 4 rings (SSSR count). The largest absolute Gasteiger partial charge is 0.507 e. The molecule has 1 saturated heterocycles. The second kappa shape index (κ2) is 12.2. The van der Waals surface area contributed by atoms with Gasteiger partial charge in [-0.25, -0.2) is 9.78 Å². The third kappa shape index (κ3) is 5.37. The maximum atomic E-state index is 13.5. The number of hydrogen-bond donors (Lipinski definition) is 1. The van der Waals surface area contributed by atoms with Gasteiger partial charge in [0.2, 0.25) is 0 Å². The molecular weight excluding hydrogens is 536 g/mol. The number of aryl methyl sites for hydroxylation is 1. The smallest absolute Gasteiger partial charge is 0.350 e. The van der Waals surface area contributed by atoms with E-state index in [9.17, 15) is 19.5 Å². The first-order chi connectivity index (χ1) is 19.2. The van der Waals surface area contributed by atoms with Crippen LogP contribution in [0, 0.1) is 6.92 Å². The summed E-state index contributed by atoms with van der Waals surface area (Å²) in [6, 6.07) is 10.5. The van der Waals surface area contributed by atoms with Gasteiger partial charge in [0.15, 0.2) is 16.6 Å². The summed E-state index contributed by atoms with van der Waals surface area (Å²) in [5.41, 5.74) is 0.976. The van der Waals surface area contributed by atoms with E-state index in [0.717, 1.165) is 17.8 Å². The van der Waals surface area contributed by atoms with Crippen LogP contribution in [0.2, 0.25) is 0 Å². The molecule has 0 saturated carbocycles. The third-order valence-electron chi connectivity index (χ3n) is 6.20. The molecule has 2 heterocycles. The number of benzene rings is 2. The van der Waals surface area contributed by atoms with Crippen molar-refractivity contribution >= 4 is 39.9 Å². The van der Waals surface area contributed by atoms with Crippen molar-refractivity contribution in [3.05, 3.63) is 69.7 Å². The lowest BCUT2D eigenvalue weighted by molar-refractivity contribution is -0.132. The number of ether oxygens (including phenoxy) is 4. The van der Waals surface area contributed by atoms with Gasteiger partial charge < -0.3 is 24.1 Å². The maximum Gasteiger partial charge on any atom is 0.350 e. The summed E-state index contributed by atoms with van der Waals surface area (Å²) in [5.74, 6) is -1.43. The van der Waals surface area contributed by atoms with Crippen LogP contribution in [-0.2, 0) is 14.3 Å². The maximum absolute atomic E-state index is 13.5. The molecule has 1 amide bonds. The molecule has 1 aliphatic heterocycles. The van der Waals surface area contributed by atoms with E-state index in [1.807, 2.05) is 6.92 Å². The van der Waals surface area contributed by atoms with Crippen molar-refractivity contribution in [2.75, 3.05) is 32.3 Å². The Morgan fingerprint density at radius 3 is 2.50 bits per heavy atom. The minimum absolute atomic E-state index is 0.113. The van der Waals surface area contributed by atoms with Crippen molar-refractivity contribution in [3.8, 4) is 17.2 Å². The number of hydrogen-bond acceptors (Lipinski definition) is 10. The van der Waals surface area contributed by atoms with E-state index in [1.165, 1.54) is 19.1 Å². The molecule has 11 heteroatoms. The van der Waals surface area contributed by atoms with Gasteiger partial charge in [0.1, 0.15) is 16.4 Å². The fourth-order valence-electron chi connectivity index (χ4n) is 4.35. The number of nitrogens with zero attached hydrogens (tertiary/aromatic N) is 2. The first-order valence-electron chi connectivity index (χ1n) is 12.7. The monoisotopic (exact) mass is 566 g/mol. The van der Waals surface area contributed by atoms with E-state index in [-0.39, 0.29) is 27.9 Å². The number of esters is 1. The number of amides is 1. The fourth-order valence-corrected chi connectivity index (χ4v) is 5.34. The number of thiazole rings is 1. The lowest BCUT2D eigenvalue weighted by Gasteiger charge is -2.24. The van der Waals surface area contributed by atoms with Gasteiger partial charge in [0.05, 0.1) is 44.7 Å². The van der Waals surface area contributed by atoms with Crippen LogP contribution in [0.25, 0.3) is 5.76 Å². The molecule has 0 bridgehead atoms. The molecule has 1 atom stereocenters. The minimum atomic E-state index is -1.08. The molecule has 2 aromatic carbocycles. The molecule has 0 spiro atoms. The van der Waals surface area contributed by atoms with Crippen LogP contribution >= 0.6 is 11.3 Å². The molecule has 10 nitrogen and oxygen atoms in total. The SMILES string of the molecule is CCCOc1cccc(/C(O)=C2\C(=O)C(=O)N(c3nc(C)c(C(=O)OCC)s3)C2c2ccc(OC)c(OC)c2)c1. The molecule has 0 radical (unpaired) electrons. The lowest BCUT2D eigenvalue weighted by Crippen LogP contribution is -2.29. The van der Waals surface area contributed by atoms with E-state index in [1.54, 1.807) is 56.3 Å². The first-order valence-corrected chi connectivity index (χ1v) is 13.5. The van der Waals surface area contributed by atoms with Crippen molar-refractivity contribution in [3.63, 3.8) is 0 Å². The fraction of sp³-hybridized carbons (Fsp3) is 0.310. The Balaban J connectivity index is 1.92. The third-order valence-corrected chi connectivity index (χ3v) is 7.34. The van der Waals surface area contributed by atoms with E-state index in [2.05, 4.69) is 4.98 Å². The van der Waals surface area contributed by atoms with Crippen LogP contribution in [0.1, 0.15) is 52.8 Å². The summed E-state index contributed by atoms with van der Waals surface area (Å²) < 4.78 is 21.6. The number of Topliss-reactive ketones (excluding diaryl/α,β-unsaturated/α-hetero) is 1. The summed E-state index contributed by atoms with van der Waals surface area (Å²) in [4.78, 5) is 45.4. The highest BCUT2D eigenvalue weighted by molar-refractivity contribution is 7.17. The Bertz CT molecular complexity index is 1480. The molecule has 1 aliphatic rings. The number of carbonyl (C=O) groups is 3. The van der Waals surface area contributed by atoms with Crippen LogP contribution in [-0.4, -0.2) is 55.2 Å². The average molecular weight is 567 g/mol. The van der Waals surface area contributed by atoms with Crippen molar-refractivity contribution in [1.82, 2.24) is 4.98 Å². The summed E-state index contributed by atoms with van der Waals surface area (Å²) in [6.07, 6.45) is 0.793. The Morgan fingerprint density at radius 1 is 1.07 bits per heavy atom. The molecule has 1 N–H and O–H groups in total. The predicted octanol–water partition coefficient (Wildman–Crippen LogP) is 5.06. The molecule has 0 aliphatic carbocycles. The molecule has 40 heavy (non-hydrogen) atoms. The van der Waals surface area contributed by atoms with Crippen LogP contribution in [0.15, 0.2) is 48.0 Å². The Kier molecular flexibility index (Phi) is 8.73. The average Bonchev–Trinajstić information content (AvgIpc) is 3.47. The first kappa shape index (κ1) is 28.6. The van der Waals surface area contributed by atoms with Crippen LogP contribution in [0.4, 0.5) is 5.13 Å². The minimum Gasteiger partial charge on any atom is -0.507 e. The Hall–Kier alpha value is -4.38. The molecule has 3 aromatic rings. The van der Waals surface area contributed by atoms with Crippen molar-refractivity contribution in [2.45, 2.75) is 33.2 Å². The zero-order chi connectivity index (χ0) is 29.0. The summed E-state index contributed by atoms with van der Waals surface area (Å²) in [7, 11) is 2.96. The molecule has 210 valence electrons. The number of ketones is 1. The molecule has 1 aromatic heterocycles. The second-order valence-electron chi connectivity index (χ2n) is 8.79. The van der Waals surface area contributed by atoms with Crippen molar-refractivity contribution in [1.29, 1.82) is 0 Å². The van der Waals surface area contributed by atoms with Gasteiger partial charge in [0.25, 0.3) is 5.78 Å². The Labute approximate surface area is 235 Å². The highest BCUT2D eigenvalue weighted by Gasteiger charge is 2.48. The summed E-state index contributed by atoms with van der Waals surface area (Å²) in [6.45, 7) is 5.93. The Morgan fingerprint density at radius 2 is 1.82 bits per heavy atom. The lowest BCUT2D eigenvalue weighted by atomic mass is 9.95. The molecule has 1 fully saturated rings. The van der Waals surface area contributed by atoms with E-state index in [4.69, 9.17) is 18.9 Å². The zero-order valence-corrected chi connectivity index (χ0v) is 23.7. The van der Waals surface area contributed by atoms with Gasteiger partial charge in [-0.1, -0.05) is 36.5 Å². The number of aliphatic hydroxyl groups is 1. The number of rotatable bonds is 10. The quantitative estimate of drug-likeness (QED) is 0.155. The van der Waals surface area contributed by atoms with Gasteiger partial charge in [-0.2, -0.15) is 0 Å². The van der Waals surface area contributed by atoms with Crippen molar-refractivity contribution < 1.29 is 38.4 Å². The van der Waals surface area contributed by atoms with Crippen LogP contribution < -0.4 is 19.1 Å². The number of aliphatic hydroxyl groups excluding tert-OH is 1. The van der Waals surface area contributed by atoms with Crippen molar-refractivity contribution in [2.24, 2.45) is 0 Å². The highest BCUT2D eigenvalue weighted by Crippen LogP contribution is 2.45. The topological polar surface area (TPSA) is 124 Å². The van der Waals surface area contributed by atoms with E-state index >= 15 is 0 Å². The number of anilines is 1. The molecule has 1 unspecified atom stereocenters. The number of carbonyl (C=O) groups excluding carboxylic acids is 3. The van der Waals surface area contributed by atoms with Gasteiger partial charge in [-0.05, 0) is 50.1 Å². The van der Waals surface area contributed by atoms with Gasteiger partial charge in [0, 0.05) is 5.56 Å². The standard InChI is InChI=1S/C29H30N2O8S/c1-6-13-39-19-10-8-9-18(14-19)24(32)22-23(17-11-12-20(36-4)21(15-17)37-5)31(27(34)25(22)33)29-30-16(3)26(40-29)28(35)38-7-2/h8-12,14-15,23,32H,6-7,13H2,1-5H3/b24-22+. The normalized spacial score (nSPS) is 16.2. The van der Waals surface area contributed by atoms with Crippen LogP contribution in [0.3, 0.4) is 0 Å². The summed E-state index contributed by atoms with van der Waals surface area (Å²) in [5, 5.41) is 11.6. The van der Waals surface area contributed by atoms with E-state index < -0.39 is 23.7 Å². The van der Waals surface area contributed by atoms with Gasteiger partial charge >= 0.3 is 11.9 Å². The van der Waals surface area contributed by atoms with E-state index in [0.29, 0.717) is 40.7 Å². The van der Waals surface area contributed by atoms with Gasteiger partial charge in [-0.15, -0.1) is 0 Å². The number of methoxy groups -OCH3 is 2. The molecular formula is C29H30N2O8S. The number of aromatic nitrogens is 1.